The normalized spacial score (nSPS) is 16.0. The van der Waals surface area contributed by atoms with Gasteiger partial charge in [0.25, 0.3) is 0 Å². The number of amides is 2. The van der Waals surface area contributed by atoms with Gasteiger partial charge in [0.05, 0.1) is 25.5 Å². The molecule has 1 aromatic carbocycles. The van der Waals surface area contributed by atoms with Crippen LogP contribution >= 0.6 is 0 Å². The Balaban J connectivity index is 1.69. The fourth-order valence-corrected chi connectivity index (χ4v) is 3.04. The molecule has 24 heavy (non-hydrogen) atoms. The third-order valence-electron chi connectivity index (χ3n) is 4.29. The van der Waals surface area contributed by atoms with E-state index in [1.165, 1.54) is 6.07 Å². The van der Waals surface area contributed by atoms with Gasteiger partial charge >= 0.3 is 6.03 Å². The van der Waals surface area contributed by atoms with E-state index in [1.807, 2.05) is 12.1 Å². The van der Waals surface area contributed by atoms with Gasteiger partial charge in [-0.05, 0) is 42.2 Å². The Morgan fingerprint density at radius 3 is 3.04 bits per heavy atom. The van der Waals surface area contributed by atoms with Gasteiger partial charge in [0.2, 0.25) is 0 Å². The molecule has 128 valence electrons. The van der Waals surface area contributed by atoms with Crippen LogP contribution in [0.2, 0.25) is 0 Å². The standard InChI is InChI=1S/C18H21FN2O3/c1-23-11-9-21(12-13-4-3-10-24-13)18(22)20-17-8-7-14-15(17)5-2-6-16(14)19/h2-6,10,17H,7-9,11-12H2,1H3,(H,20,22). The van der Waals surface area contributed by atoms with E-state index in [4.69, 9.17) is 9.15 Å². The molecule has 2 amide bonds. The van der Waals surface area contributed by atoms with Crippen molar-refractivity contribution in [2.24, 2.45) is 0 Å². The number of methoxy groups -OCH3 is 1. The number of rotatable bonds is 6. The fraction of sp³-hybridized carbons (Fsp3) is 0.389. The minimum Gasteiger partial charge on any atom is -0.467 e. The molecular formula is C18H21FN2O3. The van der Waals surface area contributed by atoms with Gasteiger partial charge in [-0.2, -0.15) is 0 Å². The fourth-order valence-electron chi connectivity index (χ4n) is 3.04. The lowest BCUT2D eigenvalue weighted by atomic mass is 10.1. The highest BCUT2D eigenvalue weighted by Crippen LogP contribution is 2.32. The van der Waals surface area contributed by atoms with Gasteiger partial charge in [0.15, 0.2) is 0 Å². The van der Waals surface area contributed by atoms with E-state index in [0.29, 0.717) is 43.9 Å². The molecule has 0 bridgehead atoms. The average Bonchev–Trinajstić information content (AvgIpc) is 3.22. The predicted octanol–water partition coefficient (Wildman–Crippen LogP) is 3.26. The van der Waals surface area contributed by atoms with E-state index >= 15 is 0 Å². The summed E-state index contributed by atoms with van der Waals surface area (Å²) >= 11 is 0. The monoisotopic (exact) mass is 332 g/mol. The summed E-state index contributed by atoms with van der Waals surface area (Å²) in [6, 6.07) is 8.28. The SMILES string of the molecule is COCCN(Cc1ccco1)C(=O)NC1CCc2c(F)cccc21. The van der Waals surface area contributed by atoms with Crippen LogP contribution < -0.4 is 5.32 Å². The van der Waals surface area contributed by atoms with Gasteiger partial charge in [-0.1, -0.05) is 12.1 Å². The quantitative estimate of drug-likeness (QED) is 0.883. The van der Waals surface area contributed by atoms with Crippen LogP contribution in [-0.4, -0.2) is 31.2 Å². The van der Waals surface area contributed by atoms with Gasteiger partial charge in [0.1, 0.15) is 11.6 Å². The molecule has 1 N–H and O–H groups in total. The minimum atomic E-state index is -0.203. The number of benzene rings is 1. The van der Waals surface area contributed by atoms with Crippen molar-refractivity contribution in [2.75, 3.05) is 20.3 Å². The second kappa shape index (κ2) is 7.49. The summed E-state index contributed by atoms with van der Waals surface area (Å²) in [5.41, 5.74) is 1.57. The number of nitrogens with one attached hydrogen (secondary N) is 1. The van der Waals surface area contributed by atoms with Crippen molar-refractivity contribution >= 4 is 6.03 Å². The predicted molar refractivity (Wildman–Crippen MR) is 87.0 cm³/mol. The third kappa shape index (κ3) is 3.59. The van der Waals surface area contributed by atoms with E-state index in [2.05, 4.69) is 5.32 Å². The van der Waals surface area contributed by atoms with Crippen LogP contribution in [0.25, 0.3) is 0 Å². The van der Waals surface area contributed by atoms with Gasteiger partial charge in [-0.25, -0.2) is 9.18 Å². The van der Waals surface area contributed by atoms with Crippen LogP contribution in [0.3, 0.4) is 0 Å². The summed E-state index contributed by atoms with van der Waals surface area (Å²) in [7, 11) is 1.60. The zero-order valence-corrected chi connectivity index (χ0v) is 13.6. The van der Waals surface area contributed by atoms with Crippen LogP contribution in [0, 0.1) is 5.82 Å². The highest BCUT2D eigenvalue weighted by Gasteiger charge is 2.27. The van der Waals surface area contributed by atoms with Crippen molar-refractivity contribution in [1.29, 1.82) is 0 Å². The van der Waals surface area contributed by atoms with Crippen LogP contribution in [0.1, 0.15) is 29.3 Å². The van der Waals surface area contributed by atoms with E-state index in [-0.39, 0.29) is 17.9 Å². The Kier molecular flexibility index (Phi) is 5.15. The van der Waals surface area contributed by atoms with Crippen LogP contribution in [0.15, 0.2) is 41.0 Å². The number of urea groups is 1. The molecule has 1 aliphatic carbocycles. The largest absolute Gasteiger partial charge is 0.467 e. The molecule has 0 aliphatic heterocycles. The molecule has 3 rings (SSSR count). The van der Waals surface area contributed by atoms with Gasteiger partial charge in [-0.3, -0.25) is 0 Å². The number of furan rings is 1. The topological polar surface area (TPSA) is 54.7 Å². The maximum atomic E-state index is 13.8. The molecule has 0 spiro atoms. The summed E-state index contributed by atoms with van der Waals surface area (Å²) in [6.45, 7) is 1.25. The maximum absolute atomic E-state index is 13.8. The van der Waals surface area contributed by atoms with Crippen molar-refractivity contribution in [3.05, 3.63) is 59.3 Å². The first-order valence-electron chi connectivity index (χ1n) is 8.03. The molecular weight excluding hydrogens is 311 g/mol. The smallest absolute Gasteiger partial charge is 0.318 e. The number of hydrogen-bond acceptors (Lipinski definition) is 3. The molecule has 1 heterocycles. The molecule has 1 aliphatic rings. The summed E-state index contributed by atoms with van der Waals surface area (Å²) in [5, 5.41) is 3.01. The first-order valence-corrected chi connectivity index (χ1v) is 8.03. The van der Waals surface area contributed by atoms with E-state index < -0.39 is 0 Å². The van der Waals surface area contributed by atoms with Crippen molar-refractivity contribution in [2.45, 2.75) is 25.4 Å². The van der Waals surface area contributed by atoms with Crippen molar-refractivity contribution < 1.29 is 18.3 Å². The lowest BCUT2D eigenvalue weighted by molar-refractivity contribution is 0.141. The number of carbonyl (C=O) groups excluding carboxylic acids is 1. The molecule has 1 unspecified atom stereocenters. The molecule has 0 radical (unpaired) electrons. The molecule has 0 fully saturated rings. The highest BCUT2D eigenvalue weighted by atomic mass is 19.1. The van der Waals surface area contributed by atoms with E-state index in [0.717, 1.165) is 5.56 Å². The van der Waals surface area contributed by atoms with E-state index in [9.17, 15) is 9.18 Å². The summed E-state index contributed by atoms with van der Waals surface area (Å²) < 4.78 is 24.2. The Morgan fingerprint density at radius 1 is 1.42 bits per heavy atom. The first kappa shape index (κ1) is 16.5. The van der Waals surface area contributed by atoms with Gasteiger partial charge in [-0.15, -0.1) is 0 Å². The minimum absolute atomic E-state index is 0.162. The van der Waals surface area contributed by atoms with Crippen LogP contribution in [0.4, 0.5) is 9.18 Å². The molecule has 0 saturated carbocycles. The van der Waals surface area contributed by atoms with Crippen LogP contribution in [-0.2, 0) is 17.7 Å². The Labute approximate surface area is 140 Å². The third-order valence-corrected chi connectivity index (χ3v) is 4.29. The summed E-state index contributed by atoms with van der Waals surface area (Å²) in [4.78, 5) is 14.3. The average molecular weight is 332 g/mol. The Bertz CT molecular complexity index is 688. The molecule has 0 saturated heterocycles. The summed E-state index contributed by atoms with van der Waals surface area (Å²) in [5.74, 6) is 0.509. The maximum Gasteiger partial charge on any atom is 0.318 e. The molecule has 1 aromatic heterocycles. The first-order chi connectivity index (χ1) is 11.7. The lowest BCUT2D eigenvalue weighted by Gasteiger charge is -2.24. The van der Waals surface area contributed by atoms with Gasteiger partial charge in [0, 0.05) is 13.7 Å². The second-order valence-electron chi connectivity index (χ2n) is 5.84. The molecule has 5 nitrogen and oxygen atoms in total. The zero-order valence-electron chi connectivity index (χ0n) is 13.6. The summed E-state index contributed by atoms with van der Waals surface area (Å²) in [6.07, 6.45) is 2.93. The zero-order chi connectivity index (χ0) is 16.9. The number of halogens is 1. The van der Waals surface area contributed by atoms with Crippen molar-refractivity contribution in [1.82, 2.24) is 10.2 Å². The Hall–Kier alpha value is -2.34. The van der Waals surface area contributed by atoms with Crippen molar-refractivity contribution in [3.8, 4) is 0 Å². The van der Waals surface area contributed by atoms with Gasteiger partial charge < -0.3 is 19.4 Å². The van der Waals surface area contributed by atoms with E-state index in [1.54, 1.807) is 30.4 Å². The number of hydrogen-bond donors (Lipinski definition) is 1. The molecule has 6 heteroatoms. The second-order valence-corrected chi connectivity index (χ2v) is 5.84. The molecule has 2 aromatic rings. The Morgan fingerprint density at radius 2 is 2.29 bits per heavy atom. The highest BCUT2D eigenvalue weighted by molar-refractivity contribution is 5.75. The number of nitrogens with zero attached hydrogens (tertiary/aromatic N) is 1. The number of ether oxygens (including phenoxy) is 1. The number of carbonyl (C=O) groups is 1. The lowest BCUT2D eigenvalue weighted by Crippen LogP contribution is -2.42. The van der Waals surface area contributed by atoms with Crippen LogP contribution in [0.5, 0.6) is 0 Å². The number of fused-ring (bicyclic) bond motifs is 1. The van der Waals surface area contributed by atoms with Crippen molar-refractivity contribution in [3.63, 3.8) is 0 Å². The molecule has 1 atom stereocenters.